The number of allylic oxidation sites excluding steroid dienone is 3. The fourth-order valence-electron chi connectivity index (χ4n) is 4.76. The molecule has 1 aromatic heterocycles. The number of carbonyl (C=O) groups excluding carboxylic acids is 1. The number of ether oxygens (including phenoxy) is 1. The molecule has 2 aromatic rings. The minimum Gasteiger partial charge on any atom is -0.480 e. The number of carboxylic acid groups (broad SMARTS) is 2. The molecule has 226 valence electrons. The van der Waals surface area contributed by atoms with Gasteiger partial charge in [0.1, 0.15) is 17.8 Å². The van der Waals surface area contributed by atoms with Crippen molar-refractivity contribution in [3.8, 4) is 0 Å². The van der Waals surface area contributed by atoms with Crippen LogP contribution in [0.15, 0.2) is 56.7 Å². The Labute approximate surface area is 257 Å². The maximum atomic E-state index is 13.4. The molecule has 1 aromatic carbocycles. The predicted molar refractivity (Wildman–Crippen MR) is 161 cm³/mol. The number of carboxylic acids is 2. The van der Waals surface area contributed by atoms with Crippen molar-refractivity contribution in [2.75, 3.05) is 23.7 Å². The van der Waals surface area contributed by atoms with Crippen molar-refractivity contribution >= 4 is 85.5 Å². The molecule has 5 rings (SSSR count). The largest absolute Gasteiger partial charge is 0.480 e. The number of aliphatic carboxylic acids is 2. The van der Waals surface area contributed by atoms with Gasteiger partial charge in [0.05, 0.1) is 21.0 Å². The molecule has 2 aliphatic heterocycles. The van der Waals surface area contributed by atoms with Crippen LogP contribution in [0.5, 0.6) is 0 Å². The van der Waals surface area contributed by atoms with Gasteiger partial charge in [-0.05, 0) is 60.8 Å². The van der Waals surface area contributed by atoms with Gasteiger partial charge in [-0.1, -0.05) is 30.0 Å². The lowest BCUT2D eigenvalue weighted by Crippen LogP contribution is -2.37. The number of carbonyl (C=O) groups is 3. The summed E-state index contributed by atoms with van der Waals surface area (Å²) in [7, 11) is -4.11. The van der Waals surface area contributed by atoms with E-state index in [0.717, 1.165) is 42.0 Å². The lowest BCUT2D eigenvalue weighted by Gasteiger charge is -2.20. The zero-order valence-electron chi connectivity index (χ0n) is 22.1. The Balaban J connectivity index is 1.49. The van der Waals surface area contributed by atoms with E-state index in [9.17, 15) is 32.7 Å². The molecular weight excluding hydrogens is 643 g/mol. The van der Waals surface area contributed by atoms with Crippen LogP contribution < -0.4 is 19.7 Å². The van der Waals surface area contributed by atoms with Gasteiger partial charge in [-0.2, -0.15) is 8.42 Å². The second-order valence-corrected chi connectivity index (χ2v) is 13.6. The number of anilines is 1. The van der Waals surface area contributed by atoms with Gasteiger partial charge in [-0.15, -0.1) is 11.3 Å². The summed E-state index contributed by atoms with van der Waals surface area (Å²) in [4.78, 5) is 52.8. The number of fused-ring (bicyclic) bond motifs is 1. The molecule has 0 bridgehead atoms. The third-order valence-corrected chi connectivity index (χ3v) is 10.1. The van der Waals surface area contributed by atoms with Crippen LogP contribution >= 0.6 is 35.3 Å². The summed E-state index contributed by atoms with van der Waals surface area (Å²) in [5.41, 5.74) is 1.85. The number of amides is 1. The highest BCUT2D eigenvalue weighted by Gasteiger charge is 2.37. The molecule has 3 heterocycles. The van der Waals surface area contributed by atoms with Crippen molar-refractivity contribution in [2.24, 2.45) is 0 Å². The van der Waals surface area contributed by atoms with E-state index in [1.807, 2.05) is 41.3 Å². The van der Waals surface area contributed by atoms with Crippen LogP contribution in [0.1, 0.15) is 19.3 Å². The minimum absolute atomic E-state index is 0.0752. The lowest BCUT2D eigenvalue weighted by atomic mass is 10.1. The van der Waals surface area contributed by atoms with Crippen LogP contribution in [0.25, 0.3) is 11.3 Å². The van der Waals surface area contributed by atoms with Gasteiger partial charge in [0, 0.05) is 11.4 Å². The van der Waals surface area contributed by atoms with Gasteiger partial charge >= 0.3 is 17.8 Å². The molecule has 0 atom stereocenters. The highest BCUT2D eigenvalue weighted by atomic mass is 32.2. The molecule has 1 saturated heterocycles. The topological polar surface area (TPSA) is 184 Å². The first kappa shape index (κ1) is 30.7. The molecule has 1 fully saturated rings. The summed E-state index contributed by atoms with van der Waals surface area (Å²) >= 11 is 7.37. The van der Waals surface area contributed by atoms with Gasteiger partial charge in [0.25, 0.3) is 20.9 Å². The maximum absolute atomic E-state index is 13.4. The number of para-hydroxylation sites is 1. The van der Waals surface area contributed by atoms with E-state index >= 15 is 0 Å². The van der Waals surface area contributed by atoms with Crippen LogP contribution in [0, 0.1) is 0 Å². The van der Waals surface area contributed by atoms with Crippen molar-refractivity contribution < 1.29 is 42.3 Å². The van der Waals surface area contributed by atoms with Crippen molar-refractivity contribution in [3.63, 3.8) is 0 Å². The monoisotopic (exact) mass is 665 g/mol. The van der Waals surface area contributed by atoms with Crippen molar-refractivity contribution in [1.82, 2.24) is 9.47 Å². The third kappa shape index (κ3) is 6.59. The van der Waals surface area contributed by atoms with E-state index in [0.29, 0.717) is 25.0 Å². The van der Waals surface area contributed by atoms with Gasteiger partial charge in [0.2, 0.25) is 5.76 Å². The summed E-state index contributed by atoms with van der Waals surface area (Å²) in [6.07, 6.45) is 4.81. The molecule has 0 radical (unpaired) electrons. The van der Waals surface area contributed by atoms with E-state index in [-0.39, 0.29) is 21.4 Å². The molecule has 0 spiro atoms. The molecule has 17 heteroatoms. The number of rotatable bonds is 9. The standard InChI is InChI=1S/C26H23N3O10S4/c30-19(31)12-28-24(35)22(42-25(28)21-23(34)29(13-20(32)33)26(40)39-21)15-7-6-14(10-15)11-18-27(8-3-9-43(36,37)38)16-4-1-2-5-17(16)41-18/h1-2,4-6,11H,3,7-10,12-13H2,(H,30,31)(H,32,33)(H,36,37,38)/b18-11?,22-15?,25-21+. The minimum atomic E-state index is -4.11. The third-order valence-electron chi connectivity index (χ3n) is 6.59. The first-order valence-corrected chi connectivity index (χ1v) is 16.3. The van der Waals surface area contributed by atoms with Crippen LogP contribution in [-0.4, -0.2) is 74.5 Å². The Morgan fingerprint density at radius 2 is 1.81 bits per heavy atom. The molecule has 0 unspecified atom stereocenters. The quantitative estimate of drug-likeness (QED) is 0.254. The smallest absolute Gasteiger partial charge is 0.323 e. The average molecular weight is 666 g/mol. The fourth-order valence-corrected chi connectivity index (χ4v) is 7.82. The first-order valence-electron chi connectivity index (χ1n) is 12.7. The molecule has 3 N–H and O–H groups in total. The summed E-state index contributed by atoms with van der Waals surface area (Å²) in [6.45, 7) is -1.15. The Kier molecular flexibility index (Phi) is 8.62. The van der Waals surface area contributed by atoms with E-state index in [1.54, 1.807) is 0 Å². The summed E-state index contributed by atoms with van der Waals surface area (Å²) in [6, 6.07) is 7.64. The molecule has 3 aliphatic rings. The fraction of sp³-hybridized carbons (Fsp3) is 0.269. The predicted octanol–water partition coefficient (Wildman–Crippen LogP) is 0.933. The second-order valence-electron chi connectivity index (χ2n) is 9.61. The number of thioether (sulfide) groups is 1. The summed E-state index contributed by atoms with van der Waals surface area (Å²) in [5.74, 6) is -4.32. The lowest BCUT2D eigenvalue weighted by molar-refractivity contribution is -0.140. The van der Waals surface area contributed by atoms with Crippen LogP contribution in [0.3, 0.4) is 0 Å². The SMILES string of the molecule is O=C(O)CN1C(=O)/C(=c2\sc(=C3CC=C(C=C4Sc5ccccc5N4CCCS(=O)(=O)O)C3)c(=O)n2CC(=O)O)OC1=S. The molecule has 43 heavy (non-hydrogen) atoms. The number of hydrogen-bond donors (Lipinski definition) is 3. The van der Waals surface area contributed by atoms with Gasteiger partial charge in [-0.3, -0.25) is 33.2 Å². The number of nitrogens with zero attached hydrogens (tertiary/aromatic N) is 3. The highest BCUT2D eigenvalue weighted by Crippen LogP contribution is 2.46. The average Bonchev–Trinajstić information content (AvgIpc) is 3.66. The van der Waals surface area contributed by atoms with Gasteiger partial charge < -0.3 is 19.8 Å². The van der Waals surface area contributed by atoms with Crippen LogP contribution in [-0.2, 0) is 35.8 Å². The number of thiazole rings is 1. The van der Waals surface area contributed by atoms with Crippen molar-refractivity contribution in [1.29, 1.82) is 0 Å². The van der Waals surface area contributed by atoms with E-state index in [2.05, 4.69) is 0 Å². The number of hydrogen-bond acceptors (Lipinski definition) is 11. The Morgan fingerprint density at radius 3 is 2.51 bits per heavy atom. The second kappa shape index (κ2) is 12.1. The van der Waals surface area contributed by atoms with Crippen LogP contribution in [0.2, 0.25) is 0 Å². The maximum Gasteiger partial charge on any atom is 0.323 e. The van der Waals surface area contributed by atoms with Gasteiger partial charge in [-0.25, -0.2) is 0 Å². The highest BCUT2D eigenvalue weighted by molar-refractivity contribution is 8.03. The molecule has 1 aliphatic carbocycles. The Morgan fingerprint density at radius 1 is 1.09 bits per heavy atom. The molecule has 1 amide bonds. The summed E-state index contributed by atoms with van der Waals surface area (Å²) in [5, 5.41) is 19.0. The van der Waals surface area contributed by atoms with E-state index < -0.39 is 57.5 Å². The Hall–Kier alpha value is -3.77. The zero-order valence-corrected chi connectivity index (χ0v) is 25.4. The van der Waals surface area contributed by atoms with Crippen LogP contribution in [0.4, 0.5) is 5.69 Å². The van der Waals surface area contributed by atoms with E-state index in [4.69, 9.17) is 26.6 Å². The number of benzene rings is 1. The molecule has 0 saturated carbocycles. The van der Waals surface area contributed by atoms with Crippen molar-refractivity contribution in [2.45, 2.75) is 30.7 Å². The Bertz CT molecular complexity index is 1920. The first-order chi connectivity index (χ1) is 20.3. The van der Waals surface area contributed by atoms with E-state index in [1.165, 1.54) is 11.8 Å². The molecule has 13 nitrogen and oxygen atoms in total. The van der Waals surface area contributed by atoms with Gasteiger partial charge in [0.15, 0.2) is 0 Å². The molecular formula is C26H23N3O10S4. The van der Waals surface area contributed by atoms with Crippen molar-refractivity contribution in [3.05, 3.63) is 66.6 Å². The normalized spacial score (nSPS) is 20.1. The zero-order chi connectivity index (χ0) is 31.1. The number of aromatic nitrogens is 1. The number of thiocarbonyl (C=S) groups is 1. The summed E-state index contributed by atoms with van der Waals surface area (Å²) < 4.78 is 38.1.